The topological polar surface area (TPSA) is 66.6 Å². The molecule has 1 saturated heterocycles. The maximum atomic E-state index is 11.6. The summed E-state index contributed by atoms with van der Waals surface area (Å²) < 4.78 is 0. The SMILES string of the molecule is Nc1cc(CCN2CCCCC2=O)ccc1O. The third-order valence-corrected chi connectivity index (χ3v) is 3.18. The van der Waals surface area contributed by atoms with Gasteiger partial charge in [0.2, 0.25) is 5.91 Å². The van der Waals surface area contributed by atoms with Crippen LogP contribution in [0.2, 0.25) is 0 Å². The first-order chi connectivity index (χ1) is 8.16. The Balaban J connectivity index is 1.92. The molecule has 1 aromatic rings. The Morgan fingerprint density at radius 3 is 2.88 bits per heavy atom. The van der Waals surface area contributed by atoms with Gasteiger partial charge in [-0.1, -0.05) is 6.07 Å². The zero-order valence-corrected chi connectivity index (χ0v) is 9.85. The van der Waals surface area contributed by atoms with Crippen LogP contribution in [0, 0.1) is 0 Å². The van der Waals surface area contributed by atoms with Crippen LogP contribution in [0.15, 0.2) is 18.2 Å². The molecule has 17 heavy (non-hydrogen) atoms. The zero-order valence-electron chi connectivity index (χ0n) is 9.85. The lowest BCUT2D eigenvalue weighted by molar-refractivity contribution is -0.133. The Bertz CT molecular complexity index is 418. The van der Waals surface area contributed by atoms with Crippen molar-refractivity contribution in [3.05, 3.63) is 23.8 Å². The molecular formula is C13H18N2O2. The van der Waals surface area contributed by atoms with Crippen molar-refractivity contribution in [2.24, 2.45) is 0 Å². The van der Waals surface area contributed by atoms with Gasteiger partial charge in [0.05, 0.1) is 5.69 Å². The summed E-state index contributed by atoms with van der Waals surface area (Å²) >= 11 is 0. The second-order valence-corrected chi connectivity index (χ2v) is 4.48. The van der Waals surface area contributed by atoms with E-state index in [1.807, 2.05) is 11.0 Å². The van der Waals surface area contributed by atoms with E-state index in [9.17, 15) is 9.90 Å². The van der Waals surface area contributed by atoms with Crippen LogP contribution < -0.4 is 5.73 Å². The summed E-state index contributed by atoms with van der Waals surface area (Å²) in [5, 5.41) is 9.31. The van der Waals surface area contributed by atoms with Gasteiger partial charge in [-0.3, -0.25) is 4.79 Å². The van der Waals surface area contributed by atoms with Crippen LogP contribution in [0.3, 0.4) is 0 Å². The van der Waals surface area contributed by atoms with Crippen molar-refractivity contribution in [3.63, 3.8) is 0 Å². The molecule has 1 aliphatic heterocycles. The highest BCUT2D eigenvalue weighted by molar-refractivity contribution is 5.76. The van der Waals surface area contributed by atoms with Crippen LogP contribution >= 0.6 is 0 Å². The number of piperidine rings is 1. The second kappa shape index (κ2) is 5.08. The number of nitrogens with two attached hydrogens (primary N) is 1. The molecule has 4 nitrogen and oxygen atoms in total. The summed E-state index contributed by atoms with van der Waals surface area (Å²) in [6.07, 6.45) is 3.58. The largest absolute Gasteiger partial charge is 0.506 e. The third-order valence-electron chi connectivity index (χ3n) is 3.18. The molecule has 4 heteroatoms. The van der Waals surface area contributed by atoms with Crippen molar-refractivity contribution in [1.29, 1.82) is 0 Å². The van der Waals surface area contributed by atoms with E-state index in [1.54, 1.807) is 12.1 Å². The number of carbonyl (C=O) groups excluding carboxylic acids is 1. The van der Waals surface area contributed by atoms with Crippen LogP contribution in [0.1, 0.15) is 24.8 Å². The average Bonchev–Trinajstić information content (AvgIpc) is 2.32. The summed E-state index contributed by atoms with van der Waals surface area (Å²) in [4.78, 5) is 13.5. The lowest BCUT2D eigenvalue weighted by atomic mass is 10.1. The molecule has 1 amide bonds. The van der Waals surface area contributed by atoms with E-state index in [-0.39, 0.29) is 11.7 Å². The fraction of sp³-hybridized carbons (Fsp3) is 0.462. The lowest BCUT2D eigenvalue weighted by Crippen LogP contribution is -2.36. The van der Waals surface area contributed by atoms with Gasteiger partial charge >= 0.3 is 0 Å². The van der Waals surface area contributed by atoms with E-state index in [4.69, 9.17) is 5.73 Å². The number of phenolic OH excluding ortho intramolecular Hbond substituents is 1. The number of hydrogen-bond acceptors (Lipinski definition) is 3. The van der Waals surface area contributed by atoms with Gasteiger partial charge < -0.3 is 15.7 Å². The van der Waals surface area contributed by atoms with E-state index in [1.165, 1.54) is 0 Å². The highest BCUT2D eigenvalue weighted by atomic mass is 16.3. The molecule has 1 aromatic carbocycles. The quantitative estimate of drug-likeness (QED) is 0.615. The van der Waals surface area contributed by atoms with E-state index < -0.39 is 0 Å². The Hall–Kier alpha value is -1.71. The van der Waals surface area contributed by atoms with E-state index in [0.29, 0.717) is 12.1 Å². The number of phenols is 1. The zero-order chi connectivity index (χ0) is 12.3. The van der Waals surface area contributed by atoms with Gasteiger partial charge in [0, 0.05) is 19.5 Å². The molecule has 0 aliphatic carbocycles. The molecule has 0 bridgehead atoms. The number of amides is 1. The Morgan fingerprint density at radius 2 is 2.18 bits per heavy atom. The molecule has 1 fully saturated rings. The Morgan fingerprint density at radius 1 is 1.35 bits per heavy atom. The van der Waals surface area contributed by atoms with Gasteiger partial charge in [0.15, 0.2) is 0 Å². The van der Waals surface area contributed by atoms with Crippen molar-refractivity contribution in [2.45, 2.75) is 25.7 Å². The third kappa shape index (κ3) is 2.90. The first-order valence-electron chi connectivity index (χ1n) is 6.02. The number of aromatic hydroxyl groups is 1. The van der Waals surface area contributed by atoms with Gasteiger partial charge in [0.1, 0.15) is 5.75 Å². The van der Waals surface area contributed by atoms with Crippen LogP contribution in [0.5, 0.6) is 5.75 Å². The number of nitrogen functional groups attached to an aromatic ring is 1. The minimum Gasteiger partial charge on any atom is -0.506 e. The number of hydrogen-bond donors (Lipinski definition) is 2. The molecule has 0 aromatic heterocycles. The van der Waals surface area contributed by atoms with Gasteiger partial charge in [-0.25, -0.2) is 0 Å². The lowest BCUT2D eigenvalue weighted by Gasteiger charge is -2.26. The van der Waals surface area contributed by atoms with Crippen LogP contribution in [-0.2, 0) is 11.2 Å². The fourth-order valence-corrected chi connectivity index (χ4v) is 2.12. The first-order valence-corrected chi connectivity index (χ1v) is 6.02. The highest BCUT2D eigenvalue weighted by Gasteiger charge is 2.17. The number of carbonyl (C=O) groups is 1. The number of nitrogens with zero attached hydrogens (tertiary/aromatic N) is 1. The first kappa shape index (κ1) is 11.8. The van der Waals surface area contributed by atoms with Gasteiger partial charge in [-0.2, -0.15) is 0 Å². The molecule has 0 spiro atoms. The van der Waals surface area contributed by atoms with E-state index >= 15 is 0 Å². The molecular weight excluding hydrogens is 216 g/mol. The van der Waals surface area contributed by atoms with Crippen molar-refractivity contribution in [2.75, 3.05) is 18.8 Å². The molecule has 3 N–H and O–H groups in total. The minimum absolute atomic E-state index is 0.114. The predicted octanol–water partition coefficient (Wildman–Crippen LogP) is 1.53. The van der Waals surface area contributed by atoms with Crippen LogP contribution in [-0.4, -0.2) is 29.0 Å². The maximum absolute atomic E-state index is 11.6. The molecule has 0 atom stereocenters. The molecule has 1 heterocycles. The Labute approximate surface area is 101 Å². The molecule has 2 rings (SSSR count). The van der Waals surface area contributed by atoms with Gasteiger partial charge in [0.25, 0.3) is 0 Å². The highest BCUT2D eigenvalue weighted by Crippen LogP contribution is 2.21. The standard InChI is InChI=1S/C13H18N2O2/c14-11-9-10(4-5-12(11)16)6-8-15-7-2-1-3-13(15)17/h4-5,9,16H,1-3,6-8,14H2. The van der Waals surface area contributed by atoms with Crippen LogP contribution in [0.4, 0.5) is 5.69 Å². The van der Waals surface area contributed by atoms with E-state index in [0.717, 1.165) is 37.9 Å². The molecule has 0 unspecified atom stereocenters. The second-order valence-electron chi connectivity index (χ2n) is 4.48. The monoisotopic (exact) mass is 234 g/mol. The van der Waals surface area contributed by atoms with Crippen LogP contribution in [0.25, 0.3) is 0 Å². The summed E-state index contributed by atoms with van der Waals surface area (Å²) in [6.45, 7) is 1.61. The predicted molar refractivity (Wildman–Crippen MR) is 66.7 cm³/mol. The van der Waals surface area contributed by atoms with E-state index in [2.05, 4.69) is 0 Å². The minimum atomic E-state index is 0.114. The summed E-state index contributed by atoms with van der Waals surface area (Å²) in [7, 11) is 0. The van der Waals surface area contributed by atoms with Gasteiger partial charge in [-0.05, 0) is 37.0 Å². The molecule has 0 saturated carbocycles. The normalized spacial score (nSPS) is 16.2. The van der Waals surface area contributed by atoms with Crippen molar-refractivity contribution < 1.29 is 9.90 Å². The maximum Gasteiger partial charge on any atom is 0.222 e. The number of anilines is 1. The van der Waals surface area contributed by atoms with Crippen molar-refractivity contribution >= 4 is 11.6 Å². The summed E-state index contributed by atoms with van der Waals surface area (Å²) in [5.41, 5.74) is 7.08. The average molecular weight is 234 g/mol. The number of likely N-dealkylation sites (tertiary alicyclic amines) is 1. The molecule has 92 valence electrons. The number of rotatable bonds is 3. The molecule has 1 aliphatic rings. The van der Waals surface area contributed by atoms with Crippen molar-refractivity contribution in [3.8, 4) is 5.75 Å². The Kier molecular flexibility index (Phi) is 3.52. The number of benzene rings is 1. The fourth-order valence-electron chi connectivity index (χ4n) is 2.12. The summed E-state index contributed by atoms with van der Waals surface area (Å²) in [6, 6.07) is 5.21. The van der Waals surface area contributed by atoms with Gasteiger partial charge in [-0.15, -0.1) is 0 Å². The summed E-state index contributed by atoms with van der Waals surface area (Å²) in [5.74, 6) is 0.366. The smallest absolute Gasteiger partial charge is 0.222 e. The van der Waals surface area contributed by atoms with Crippen molar-refractivity contribution in [1.82, 2.24) is 4.90 Å². The molecule has 0 radical (unpaired) electrons.